The molecule has 4 rings (SSSR count). The van der Waals surface area contributed by atoms with Crippen LogP contribution in [0.25, 0.3) is 0 Å². The van der Waals surface area contributed by atoms with Gasteiger partial charge < -0.3 is 14.5 Å². The normalized spacial score (nSPS) is 17.7. The first-order chi connectivity index (χ1) is 16.5. The molecule has 0 spiro atoms. The van der Waals surface area contributed by atoms with Crippen molar-refractivity contribution >= 4 is 21.6 Å². The number of amides is 1. The number of carbonyl (C=O) groups excluding carboxylic acids is 1. The van der Waals surface area contributed by atoms with Crippen molar-refractivity contribution in [2.45, 2.75) is 49.5 Å². The summed E-state index contributed by atoms with van der Waals surface area (Å²) in [4.78, 5) is 16.8. The highest BCUT2D eigenvalue weighted by Crippen LogP contribution is 2.31. The molecule has 1 heterocycles. The molecule has 0 radical (unpaired) electrons. The number of rotatable bonds is 6. The summed E-state index contributed by atoms with van der Waals surface area (Å²) >= 11 is 0. The van der Waals surface area contributed by atoms with Crippen molar-refractivity contribution in [2.24, 2.45) is 5.14 Å². The van der Waals surface area contributed by atoms with Crippen LogP contribution in [0.3, 0.4) is 0 Å². The van der Waals surface area contributed by atoms with Crippen LogP contribution in [0.5, 0.6) is 0 Å². The number of nitrogens with two attached hydrogens (primary N) is 1. The highest BCUT2D eigenvalue weighted by molar-refractivity contribution is 7.89. The molecule has 0 aromatic heterocycles. The van der Waals surface area contributed by atoms with Crippen molar-refractivity contribution in [3.63, 3.8) is 0 Å². The molecule has 11 heteroatoms. The smallest absolute Gasteiger partial charge is 0.374 e. The van der Waals surface area contributed by atoms with E-state index in [0.717, 1.165) is 37.8 Å². The van der Waals surface area contributed by atoms with Gasteiger partial charge in [-0.25, -0.2) is 13.6 Å². The van der Waals surface area contributed by atoms with Crippen molar-refractivity contribution in [1.82, 2.24) is 4.90 Å². The van der Waals surface area contributed by atoms with E-state index in [9.17, 15) is 26.4 Å². The zero-order chi connectivity index (χ0) is 25.2. The molecule has 2 aromatic rings. The maximum Gasteiger partial charge on any atom is 0.416 e. The lowest BCUT2D eigenvalue weighted by Gasteiger charge is -2.36. The van der Waals surface area contributed by atoms with Crippen LogP contribution in [-0.4, -0.2) is 51.5 Å². The summed E-state index contributed by atoms with van der Waals surface area (Å²) in [5, 5.41) is 5.29. The first-order valence-electron chi connectivity index (χ1n) is 11.5. The van der Waals surface area contributed by atoms with Gasteiger partial charge in [0.25, 0.3) is 5.91 Å². The molecule has 7 nitrogen and oxygen atoms in total. The maximum absolute atomic E-state index is 13.4. The van der Waals surface area contributed by atoms with Gasteiger partial charge in [0.2, 0.25) is 10.0 Å². The van der Waals surface area contributed by atoms with Crippen LogP contribution in [0.4, 0.5) is 18.9 Å². The molecule has 0 unspecified atom stereocenters. The van der Waals surface area contributed by atoms with Crippen LogP contribution in [0, 0.1) is 0 Å². The molecule has 1 aliphatic heterocycles. The minimum Gasteiger partial charge on any atom is -0.374 e. The number of hydrogen-bond donors (Lipinski definition) is 1. The Morgan fingerprint density at radius 1 is 1.00 bits per heavy atom. The van der Waals surface area contributed by atoms with Crippen molar-refractivity contribution in [3.05, 3.63) is 59.2 Å². The van der Waals surface area contributed by atoms with E-state index in [1.54, 1.807) is 11.0 Å². The number of halogens is 3. The minimum atomic E-state index is -4.39. The van der Waals surface area contributed by atoms with Gasteiger partial charge in [-0.2, -0.15) is 13.2 Å². The number of primary sulfonamides is 1. The summed E-state index contributed by atoms with van der Waals surface area (Å²) in [6.07, 6.45) is -0.139. The summed E-state index contributed by atoms with van der Waals surface area (Å²) in [6.45, 7) is 1.73. The molecule has 2 fully saturated rings. The predicted molar refractivity (Wildman–Crippen MR) is 124 cm³/mol. The Kier molecular flexibility index (Phi) is 7.39. The van der Waals surface area contributed by atoms with Crippen molar-refractivity contribution < 1.29 is 31.1 Å². The number of hydrogen-bond acceptors (Lipinski definition) is 5. The van der Waals surface area contributed by atoms with E-state index in [2.05, 4.69) is 0 Å². The van der Waals surface area contributed by atoms with Crippen molar-refractivity contribution in [2.75, 3.05) is 31.1 Å². The second-order valence-electron chi connectivity index (χ2n) is 8.91. The maximum atomic E-state index is 13.4. The van der Waals surface area contributed by atoms with E-state index in [-0.39, 0.29) is 29.1 Å². The van der Waals surface area contributed by atoms with Gasteiger partial charge in [-0.05, 0) is 54.8 Å². The Morgan fingerprint density at radius 2 is 1.63 bits per heavy atom. The summed E-state index contributed by atoms with van der Waals surface area (Å²) in [6, 6.07) is 9.18. The quantitative estimate of drug-likeness (QED) is 0.637. The number of anilines is 1. The third-order valence-corrected chi connectivity index (χ3v) is 7.45. The molecular weight excluding hydrogens is 483 g/mol. The molecular formula is C24H28F3N3O4S. The molecule has 0 bridgehead atoms. The lowest BCUT2D eigenvalue weighted by molar-refractivity contribution is -0.137. The Hall–Kier alpha value is -2.63. The molecule has 2 aliphatic rings. The molecule has 2 aromatic carbocycles. The van der Waals surface area contributed by atoms with Crippen LogP contribution in [-0.2, 0) is 27.5 Å². The van der Waals surface area contributed by atoms with E-state index >= 15 is 0 Å². The third-order valence-electron chi connectivity index (χ3n) is 6.54. The molecule has 2 N–H and O–H groups in total. The fourth-order valence-electron chi connectivity index (χ4n) is 4.52. The Morgan fingerprint density at radius 3 is 2.20 bits per heavy atom. The van der Waals surface area contributed by atoms with Crippen LogP contribution < -0.4 is 10.0 Å². The molecule has 35 heavy (non-hydrogen) atoms. The van der Waals surface area contributed by atoms with Gasteiger partial charge in [-0.3, -0.25) is 4.79 Å². The minimum absolute atomic E-state index is 0.128. The number of carbonyl (C=O) groups is 1. The predicted octanol–water partition coefficient (Wildman–Crippen LogP) is 3.77. The van der Waals surface area contributed by atoms with Gasteiger partial charge in [-0.15, -0.1) is 0 Å². The van der Waals surface area contributed by atoms with E-state index in [1.165, 1.54) is 24.3 Å². The molecule has 0 atom stereocenters. The second kappa shape index (κ2) is 10.2. The third kappa shape index (κ3) is 6.14. The first kappa shape index (κ1) is 25.5. The molecule has 190 valence electrons. The van der Waals surface area contributed by atoms with Gasteiger partial charge in [-0.1, -0.05) is 18.9 Å². The SMILES string of the molecule is NS(=O)(=O)c1ccc(COC2CCCC2)c(C(=O)N2CCN(c3ccc(C(F)(F)F)cc3)CC2)c1. The zero-order valence-electron chi connectivity index (χ0n) is 19.1. The Labute approximate surface area is 202 Å². The van der Waals surface area contributed by atoms with Crippen LogP contribution in [0.15, 0.2) is 47.4 Å². The van der Waals surface area contributed by atoms with Crippen LogP contribution >= 0.6 is 0 Å². The average molecular weight is 512 g/mol. The number of nitrogens with zero attached hydrogens (tertiary/aromatic N) is 2. The molecule has 1 saturated carbocycles. The lowest BCUT2D eigenvalue weighted by atomic mass is 10.1. The largest absolute Gasteiger partial charge is 0.416 e. The fraction of sp³-hybridized carbons (Fsp3) is 0.458. The molecule has 1 aliphatic carbocycles. The Bertz CT molecular complexity index is 1160. The van der Waals surface area contributed by atoms with E-state index in [0.29, 0.717) is 37.4 Å². The van der Waals surface area contributed by atoms with Gasteiger partial charge in [0, 0.05) is 37.4 Å². The number of sulfonamides is 1. The summed E-state index contributed by atoms with van der Waals surface area (Å²) in [5.74, 6) is -0.326. The van der Waals surface area contributed by atoms with E-state index in [1.807, 2.05) is 4.90 Å². The zero-order valence-corrected chi connectivity index (χ0v) is 19.9. The van der Waals surface area contributed by atoms with Gasteiger partial charge in [0.1, 0.15) is 0 Å². The topological polar surface area (TPSA) is 92.9 Å². The van der Waals surface area contributed by atoms with Crippen molar-refractivity contribution in [3.8, 4) is 0 Å². The Balaban J connectivity index is 1.47. The number of piperazine rings is 1. The first-order valence-corrected chi connectivity index (χ1v) is 13.1. The van der Waals surface area contributed by atoms with Gasteiger partial charge in [0.05, 0.1) is 23.2 Å². The van der Waals surface area contributed by atoms with E-state index in [4.69, 9.17) is 9.88 Å². The van der Waals surface area contributed by atoms with Crippen LogP contribution in [0.1, 0.15) is 47.2 Å². The van der Waals surface area contributed by atoms with Crippen LogP contribution in [0.2, 0.25) is 0 Å². The summed E-state index contributed by atoms with van der Waals surface area (Å²) < 4.78 is 68.2. The average Bonchev–Trinajstić information content (AvgIpc) is 3.35. The monoisotopic (exact) mass is 511 g/mol. The highest BCUT2D eigenvalue weighted by Gasteiger charge is 2.31. The fourth-order valence-corrected chi connectivity index (χ4v) is 5.06. The summed E-state index contributed by atoms with van der Waals surface area (Å²) in [5.41, 5.74) is 0.765. The number of alkyl halides is 3. The van der Waals surface area contributed by atoms with Crippen molar-refractivity contribution in [1.29, 1.82) is 0 Å². The lowest BCUT2D eigenvalue weighted by Crippen LogP contribution is -2.49. The second-order valence-corrected chi connectivity index (χ2v) is 10.5. The standard InChI is InChI=1S/C24H28F3N3O4S/c25-24(26,27)18-6-8-19(9-7-18)29-11-13-30(14-12-29)23(31)22-15-21(35(28,32)33)10-5-17(22)16-34-20-3-1-2-4-20/h5-10,15,20H,1-4,11-14,16H2,(H2,28,32,33). The van der Waals surface area contributed by atoms with Gasteiger partial charge in [0.15, 0.2) is 0 Å². The molecule has 1 amide bonds. The number of benzene rings is 2. The number of ether oxygens (including phenoxy) is 1. The highest BCUT2D eigenvalue weighted by atomic mass is 32.2. The summed E-state index contributed by atoms with van der Waals surface area (Å²) in [7, 11) is -4.00. The van der Waals surface area contributed by atoms with Gasteiger partial charge >= 0.3 is 6.18 Å². The van der Waals surface area contributed by atoms with E-state index < -0.39 is 21.8 Å². The molecule has 1 saturated heterocycles.